The number of nitrogens with one attached hydrogen (secondary N) is 1. The van der Waals surface area contributed by atoms with Gasteiger partial charge in [-0.2, -0.15) is 0 Å². The van der Waals surface area contributed by atoms with Crippen molar-refractivity contribution in [3.05, 3.63) is 17.0 Å². The van der Waals surface area contributed by atoms with E-state index in [1.54, 1.807) is 13.8 Å². The molecule has 0 fully saturated rings. The maximum atomic E-state index is 11.6. The average molecular weight is 254 g/mol. The molecule has 1 heterocycles. The SMILES string of the molecule is Cc1noc(C(C)NC(=O)CC(C)C)c1C(=O)O. The Balaban J connectivity index is 2.82. The molecule has 1 aromatic heterocycles. The van der Waals surface area contributed by atoms with Crippen LogP contribution in [-0.2, 0) is 4.79 Å². The highest BCUT2D eigenvalue weighted by Crippen LogP contribution is 2.21. The largest absolute Gasteiger partial charge is 0.477 e. The van der Waals surface area contributed by atoms with Crippen molar-refractivity contribution in [1.29, 1.82) is 0 Å². The van der Waals surface area contributed by atoms with Gasteiger partial charge in [0.05, 0.1) is 11.7 Å². The molecule has 6 nitrogen and oxygen atoms in total. The summed E-state index contributed by atoms with van der Waals surface area (Å²) in [5.74, 6) is -0.818. The Morgan fingerprint density at radius 1 is 1.39 bits per heavy atom. The van der Waals surface area contributed by atoms with Crippen LogP contribution in [0.3, 0.4) is 0 Å². The van der Waals surface area contributed by atoms with Crippen molar-refractivity contribution in [2.45, 2.75) is 40.2 Å². The zero-order chi connectivity index (χ0) is 13.9. The van der Waals surface area contributed by atoms with Gasteiger partial charge < -0.3 is 14.9 Å². The first-order valence-corrected chi connectivity index (χ1v) is 5.81. The van der Waals surface area contributed by atoms with Crippen LogP contribution < -0.4 is 5.32 Å². The van der Waals surface area contributed by atoms with E-state index >= 15 is 0 Å². The van der Waals surface area contributed by atoms with Gasteiger partial charge in [0.1, 0.15) is 5.56 Å². The van der Waals surface area contributed by atoms with E-state index in [2.05, 4.69) is 10.5 Å². The second kappa shape index (κ2) is 5.66. The third-order valence-electron chi connectivity index (χ3n) is 2.47. The number of carbonyl (C=O) groups excluding carboxylic acids is 1. The molecular formula is C12H18N2O4. The van der Waals surface area contributed by atoms with E-state index in [1.165, 1.54) is 0 Å². The Kier molecular flexibility index (Phi) is 4.47. The first-order valence-electron chi connectivity index (χ1n) is 5.81. The number of rotatable bonds is 5. The van der Waals surface area contributed by atoms with Gasteiger partial charge in [0.15, 0.2) is 5.76 Å². The Morgan fingerprint density at radius 3 is 2.50 bits per heavy atom. The molecule has 18 heavy (non-hydrogen) atoms. The number of aromatic nitrogens is 1. The first-order chi connectivity index (χ1) is 8.32. The van der Waals surface area contributed by atoms with Crippen molar-refractivity contribution < 1.29 is 19.2 Å². The van der Waals surface area contributed by atoms with E-state index in [0.717, 1.165) is 0 Å². The fourth-order valence-electron chi connectivity index (χ4n) is 1.68. The first kappa shape index (κ1) is 14.2. The minimum Gasteiger partial charge on any atom is -0.477 e. The molecule has 100 valence electrons. The normalized spacial score (nSPS) is 12.5. The van der Waals surface area contributed by atoms with Crippen LogP contribution in [0.25, 0.3) is 0 Å². The third kappa shape index (κ3) is 3.32. The molecule has 0 aromatic carbocycles. The molecule has 0 saturated heterocycles. The topological polar surface area (TPSA) is 92.4 Å². The number of nitrogens with zero attached hydrogens (tertiary/aromatic N) is 1. The van der Waals surface area contributed by atoms with Crippen LogP contribution in [0.4, 0.5) is 0 Å². The number of carboxylic acids is 1. The van der Waals surface area contributed by atoms with Gasteiger partial charge in [0.2, 0.25) is 5.91 Å². The summed E-state index contributed by atoms with van der Waals surface area (Å²) in [5.41, 5.74) is 0.329. The van der Waals surface area contributed by atoms with E-state index in [4.69, 9.17) is 9.63 Å². The molecule has 0 radical (unpaired) electrons. The summed E-state index contributed by atoms with van der Waals surface area (Å²) in [6.45, 7) is 7.10. The van der Waals surface area contributed by atoms with Crippen molar-refractivity contribution in [2.24, 2.45) is 5.92 Å². The van der Waals surface area contributed by atoms with Crippen LogP contribution in [0, 0.1) is 12.8 Å². The number of hydrogen-bond donors (Lipinski definition) is 2. The van der Waals surface area contributed by atoms with E-state index in [9.17, 15) is 9.59 Å². The monoisotopic (exact) mass is 254 g/mol. The summed E-state index contributed by atoms with van der Waals surface area (Å²) in [5, 5.41) is 15.4. The van der Waals surface area contributed by atoms with E-state index in [-0.39, 0.29) is 23.1 Å². The smallest absolute Gasteiger partial charge is 0.341 e. The maximum Gasteiger partial charge on any atom is 0.341 e. The van der Waals surface area contributed by atoms with Crippen molar-refractivity contribution in [2.75, 3.05) is 0 Å². The fraction of sp³-hybridized carbons (Fsp3) is 0.583. The van der Waals surface area contributed by atoms with Gasteiger partial charge in [0.25, 0.3) is 0 Å². The van der Waals surface area contributed by atoms with E-state index < -0.39 is 12.0 Å². The molecule has 0 aliphatic carbocycles. The molecule has 1 unspecified atom stereocenters. The lowest BCUT2D eigenvalue weighted by Gasteiger charge is -2.12. The fourth-order valence-corrected chi connectivity index (χ4v) is 1.68. The lowest BCUT2D eigenvalue weighted by atomic mass is 10.1. The zero-order valence-electron chi connectivity index (χ0n) is 11.0. The molecule has 1 atom stereocenters. The molecule has 6 heteroatoms. The lowest BCUT2D eigenvalue weighted by molar-refractivity contribution is -0.122. The Labute approximate surface area is 105 Å². The molecule has 1 amide bonds. The highest BCUT2D eigenvalue weighted by molar-refractivity contribution is 5.90. The average Bonchev–Trinajstić information content (AvgIpc) is 2.58. The van der Waals surface area contributed by atoms with Crippen LogP contribution >= 0.6 is 0 Å². The highest BCUT2D eigenvalue weighted by Gasteiger charge is 2.25. The van der Waals surface area contributed by atoms with Gasteiger partial charge >= 0.3 is 5.97 Å². The van der Waals surface area contributed by atoms with Crippen LogP contribution in [-0.4, -0.2) is 22.1 Å². The molecule has 1 aromatic rings. The summed E-state index contributed by atoms with van der Waals surface area (Å²) in [6.07, 6.45) is 0.389. The Morgan fingerprint density at radius 2 is 2.00 bits per heavy atom. The van der Waals surface area contributed by atoms with E-state index in [1.807, 2.05) is 13.8 Å². The van der Waals surface area contributed by atoms with Crippen molar-refractivity contribution in [3.8, 4) is 0 Å². The van der Waals surface area contributed by atoms with Gasteiger partial charge in [-0.15, -0.1) is 0 Å². The zero-order valence-corrected chi connectivity index (χ0v) is 11.0. The van der Waals surface area contributed by atoms with E-state index in [0.29, 0.717) is 12.1 Å². The number of amides is 1. The van der Waals surface area contributed by atoms with Gasteiger partial charge in [-0.3, -0.25) is 4.79 Å². The number of carbonyl (C=O) groups is 2. The summed E-state index contributed by atoms with van der Waals surface area (Å²) in [6, 6.07) is -0.511. The molecule has 0 saturated carbocycles. The van der Waals surface area contributed by atoms with Crippen LogP contribution in [0.15, 0.2) is 4.52 Å². The summed E-state index contributed by atoms with van der Waals surface area (Å²) in [4.78, 5) is 22.7. The van der Waals surface area contributed by atoms with Crippen molar-refractivity contribution >= 4 is 11.9 Å². The van der Waals surface area contributed by atoms with Crippen LogP contribution in [0.1, 0.15) is 55.0 Å². The van der Waals surface area contributed by atoms with Gasteiger partial charge in [0, 0.05) is 6.42 Å². The third-order valence-corrected chi connectivity index (χ3v) is 2.47. The van der Waals surface area contributed by atoms with Gasteiger partial charge in [-0.1, -0.05) is 19.0 Å². The van der Waals surface area contributed by atoms with Crippen LogP contribution in [0.2, 0.25) is 0 Å². The molecule has 1 rings (SSSR count). The molecule has 0 aliphatic heterocycles. The Bertz CT molecular complexity index is 451. The van der Waals surface area contributed by atoms with Crippen molar-refractivity contribution in [3.63, 3.8) is 0 Å². The molecule has 0 spiro atoms. The number of hydrogen-bond acceptors (Lipinski definition) is 4. The number of aromatic carboxylic acids is 1. The molecule has 0 aliphatic rings. The maximum absolute atomic E-state index is 11.6. The predicted molar refractivity (Wildman–Crippen MR) is 64.2 cm³/mol. The summed E-state index contributed by atoms with van der Waals surface area (Å²) in [7, 11) is 0. The molecular weight excluding hydrogens is 236 g/mol. The lowest BCUT2D eigenvalue weighted by Crippen LogP contribution is -2.28. The summed E-state index contributed by atoms with van der Waals surface area (Å²) >= 11 is 0. The number of carboxylic acid groups (broad SMARTS) is 1. The standard InChI is InChI=1S/C12H18N2O4/c1-6(2)5-9(15)13-8(4)11-10(12(16)17)7(3)14-18-11/h6,8H,5H2,1-4H3,(H,13,15)(H,16,17). The van der Waals surface area contributed by atoms with Gasteiger partial charge in [-0.05, 0) is 19.8 Å². The van der Waals surface area contributed by atoms with Crippen LogP contribution in [0.5, 0.6) is 0 Å². The predicted octanol–water partition coefficient (Wildman–Crippen LogP) is 1.90. The molecule has 0 bridgehead atoms. The minimum atomic E-state index is -1.10. The minimum absolute atomic E-state index is 0.0207. The molecule has 2 N–H and O–H groups in total. The second-order valence-electron chi connectivity index (χ2n) is 4.70. The summed E-state index contributed by atoms with van der Waals surface area (Å²) < 4.78 is 4.98. The Hall–Kier alpha value is -1.85. The van der Waals surface area contributed by atoms with Crippen molar-refractivity contribution in [1.82, 2.24) is 10.5 Å². The number of aryl methyl sites for hydroxylation is 1. The van der Waals surface area contributed by atoms with Gasteiger partial charge in [-0.25, -0.2) is 4.79 Å². The highest BCUT2D eigenvalue weighted by atomic mass is 16.5. The second-order valence-corrected chi connectivity index (χ2v) is 4.70. The quantitative estimate of drug-likeness (QED) is 0.837.